The van der Waals surface area contributed by atoms with Gasteiger partial charge in [-0.2, -0.15) is 0 Å². The van der Waals surface area contributed by atoms with E-state index in [1.54, 1.807) is 0 Å². The largest absolute Gasteiger partial charge is 0.378 e. The molecule has 0 aromatic heterocycles. The van der Waals surface area contributed by atoms with Gasteiger partial charge in [-0.05, 0) is 84.4 Å². The maximum atomic E-state index is 2.39. The molecule has 4 heteroatoms. The highest BCUT2D eigenvalue weighted by Crippen LogP contribution is 2.50. The van der Waals surface area contributed by atoms with Crippen molar-refractivity contribution in [2.75, 3.05) is 47.8 Å². The van der Waals surface area contributed by atoms with Crippen molar-refractivity contribution in [3.8, 4) is 11.1 Å². The summed E-state index contributed by atoms with van der Waals surface area (Å²) in [5, 5.41) is 0. The topological polar surface area (TPSA) is 13.0 Å². The average Bonchev–Trinajstić information content (AvgIpc) is 3.07. The van der Waals surface area contributed by atoms with Crippen LogP contribution in [0.1, 0.15) is 0 Å². The molecular formula is C40H38N4. The highest BCUT2D eigenvalue weighted by Gasteiger charge is 2.25. The Balaban J connectivity index is 1.67. The van der Waals surface area contributed by atoms with Crippen molar-refractivity contribution < 1.29 is 0 Å². The molecule has 0 bridgehead atoms. The Bertz CT molecular complexity index is 1780. The van der Waals surface area contributed by atoms with Gasteiger partial charge in [0.15, 0.2) is 0 Å². The van der Waals surface area contributed by atoms with Crippen LogP contribution >= 0.6 is 0 Å². The van der Waals surface area contributed by atoms with Crippen molar-refractivity contribution in [2.45, 2.75) is 0 Å². The molecule has 6 rings (SSSR count). The molecule has 0 unspecified atom stereocenters. The van der Waals surface area contributed by atoms with Gasteiger partial charge in [0.2, 0.25) is 0 Å². The Morgan fingerprint density at radius 1 is 0.318 bits per heavy atom. The van der Waals surface area contributed by atoms with Gasteiger partial charge >= 0.3 is 0 Å². The van der Waals surface area contributed by atoms with Gasteiger partial charge in [-0.1, -0.05) is 78.9 Å². The van der Waals surface area contributed by atoms with E-state index in [1.807, 2.05) is 0 Å². The molecule has 0 aliphatic heterocycles. The Morgan fingerprint density at radius 2 is 0.705 bits per heavy atom. The molecule has 218 valence electrons. The van der Waals surface area contributed by atoms with Crippen molar-refractivity contribution in [1.29, 1.82) is 0 Å². The van der Waals surface area contributed by atoms with Gasteiger partial charge in [-0.3, -0.25) is 0 Å². The standard InChI is InChI=1S/C40H38N4/c1-41(2)32-23-27-36(28-24-32)43(34-17-10-6-11-18-34)39-22-14-21-38(31-15-8-5-9-16-31)40(39)44(35-19-12-7-13-20-35)37-29-25-33(26-30-37)42(3)4/h5-30H,1-4H3. The number of anilines is 8. The summed E-state index contributed by atoms with van der Waals surface area (Å²) in [6, 6.07) is 56.2. The third-order valence-corrected chi connectivity index (χ3v) is 7.84. The molecule has 6 aromatic carbocycles. The molecular weight excluding hydrogens is 536 g/mol. The van der Waals surface area contributed by atoms with Gasteiger partial charge in [0.1, 0.15) is 0 Å². The first-order valence-corrected chi connectivity index (χ1v) is 14.9. The summed E-state index contributed by atoms with van der Waals surface area (Å²) in [5.74, 6) is 0. The fraction of sp³-hybridized carbons (Fsp3) is 0.100. The van der Waals surface area contributed by atoms with Crippen LogP contribution in [0.5, 0.6) is 0 Å². The number of hydrogen-bond acceptors (Lipinski definition) is 4. The van der Waals surface area contributed by atoms with Gasteiger partial charge in [0.25, 0.3) is 0 Å². The molecule has 0 spiro atoms. The lowest BCUT2D eigenvalue weighted by Crippen LogP contribution is -2.18. The average molecular weight is 575 g/mol. The molecule has 0 amide bonds. The molecule has 0 saturated heterocycles. The minimum Gasteiger partial charge on any atom is -0.378 e. The van der Waals surface area contributed by atoms with Crippen LogP contribution in [0.3, 0.4) is 0 Å². The van der Waals surface area contributed by atoms with Crippen molar-refractivity contribution in [3.63, 3.8) is 0 Å². The second-order valence-electron chi connectivity index (χ2n) is 11.2. The maximum Gasteiger partial charge on any atom is 0.0781 e. The van der Waals surface area contributed by atoms with E-state index in [2.05, 4.69) is 206 Å². The van der Waals surface area contributed by atoms with E-state index in [1.165, 1.54) is 0 Å². The third-order valence-electron chi connectivity index (χ3n) is 7.84. The monoisotopic (exact) mass is 574 g/mol. The lowest BCUT2D eigenvalue weighted by atomic mass is 9.99. The number of rotatable bonds is 9. The van der Waals surface area contributed by atoms with Crippen molar-refractivity contribution in [1.82, 2.24) is 0 Å². The molecule has 0 fully saturated rings. The van der Waals surface area contributed by atoms with Gasteiger partial charge in [-0.15, -0.1) is 0 Å². The third kappa shape index (κ3) is 5.88. The summed E-state index contributed by atoms with van der Waals surface area (Å²) in [4.78, 5) is 9.02. The molecule has 0 saturated carbocycles. The summed E-state index contributed by atoms with van der Waals surface area (Å²) in [7, 11) is 8.30. The highest BCUT2D eigenvalue weighted by atomic mass is 15.2. The second kappa shape index (κ2) is 12.8. The van der Waals surface area contributed by atoms with Gasteiger partial charge in [-0.25, -0.2) is 0 Å². The van der Waals surface area contributed by atoms with E-state index < -0.39 is 0 Å². The van der Waals surface area contributed by atoms with Crippen LogP contribution in [0, 0.1) is 0 Å². The molecule has 0 aliphatic rings. The number of para-hydroxylation sites is 3. The number of benzene rings is 6. The van der Waals surface area contributed by atoms with Crippen LogP contribution in [0.4, 0.5) is 45.5 Å². The number of hydrogen-bond donors (Lipinski definition) is 0. The summed E-state index contributed by atoms with van der Waals surface area (Å²) < 4.78 is 0. The fourth-order valence-corrected chi connectivity index (χ4v) is 5.59. The smallest absolute Gasteiger partial charge is 0.0781 e. The Labute approximate surface area is 261 Å². The van der Waals surface area contributed by atoms with E-state index in [0.29, 0.717) is 0 Å². The van der Waals surface area contributed by atoms with Crippen LogP contribution in [0.2, 0.25) is 0 Å². The summed E-state index contributed by atoms with van der Waals surface area (Å²) in [6.45, 7) is 0. The predicted octanol–water partition coefficient (Wildman–Crippen LogP) is 10.4. The minimum atomic E-state index is 1.08. The molecule has 4 nitrogen and oxygen atoms in total. The van der Waals surface area contributed by atoms with Crippen LogP contribution in [0.15, 0.2) is 158 Å². The highest BCUT2D eigenvalue weighted by molar-refractivity contribution is 5.99. The van der Waals surface area contributed by atoms with Crippen LogP contribution in [-0.4, -0.2) is 28.2 Å². The van der Waals surface area contributed by atoms with Crippen molar-refractivity contribution in [3.05, 3.63) is 158 Å². The quantitative estimate of drug-likeness (QED) is 0.170. The molecule has 0 heterocycles. The van der Waals surface area contributed by atoms with Crippen molar-refractivity contribution in [2.24, 2.45) is 0 Å². The van der Waals surface area contributed by atoms with E-state index in [4.69, 9.17) is 0 Å². The molecule has 0 radical (unpaired) electrons. The zero-order chi connectivity index (χ0) is 30.5. The first-order valence-electron chi connectivity index (χ1n) is 14.9. The van der Waals surface area contributed by atoms with E-state index in [9.17, 15) is 0 Å². The Hall–Kier alpha value is -5.48. The summed E-state index contributed by atoms with van der Waals surface area (Å²) in [5.41, 5.74) is 11.2. The molecule has 44 heavy (non-hydrogen) atoms. The molecule has 0 atom stereocenters. The lowest BCUT2D eigenvalue weighted by Gasteiger charge is -2.35. The predicted molar refractivity (Wildman–Crippen MR) is 190 cm³/mol. The zero-order valence-electron chi connectivity index (χ0n) is 25.8. The SMILES string of the molecule is CN(C)c1ccc(N(c2ccccc2)c2cccc(-c3ccccc3)c2N(c2ccccc2)c2ccc(N(C)C)cc2)cc1. The first kappa shape index (κ1) is 28.6. The number of nitrogens with zero attached hydrogens (tertiary/aromatic N) is 4. The van der Waals surface area contributed by atoms with Crippen LogP contribution in [-0.2, 0) is 0 Å². The first-order chi connectivity index (χ1) is 21.5. The maximum absolute atomic E-state index is 2.39. The molecule has 0 N–H and O–H groups in total. The lowest BCUT2D eigenvalue weighted by molar-refractivity contribution is 1.13. The normalized spacial score (nSPS) is 10.7. The second-order valence-corrected chi connectivity index (χ2v) is 11.2. The Morgan fingerprint density at radius 3 is 1.18 bits per heavy atom. The fourth-order valence-electron chi connectivity index (χ4n) is 5.59. The van der Waals surface area contributed by atoms with E-state index in [0.717, 1.165) is 56.6 Å². The van der Waals surface area contributed by atoms with Crippen molar-refractivity contribution >= 4 is 45.5 Å². The van der Waals surface area contributed by atoms with E-state index >= 15 is 0 Å². The Kier molecular flexibility index (Phi) is 8.33. The zero-order valence-corrected chi connectivity index (χ0v) is 25.8. The van der Waals surface area contributed by atoms with Gasteiger partial charge in [0, 0.05) is 67.9 Å². The summed E-state index contributed by atoms with van der Waals surface area (Å²) >= 11 is 0. The van der Waals surface area contributed by atoms with E-state index in [-0.39, 0.29) is 0 Å². The van der Waals surface area contributed by atoms with Crippen LogP contribution in [0.25, 0.3) is 11.1 Å². The van der Waals surface area contributed by atoms with Gasteiger partial charge < -0.3 is 19.6 Å². The van der Waals surface area contributed by atoms with Gasteiger partial charge in [0.05, 0.1) is 11.4 Å². The van der Waals surface area contributed by atoms with Crippen LogP contribution < -0.4 is 19.6 Å². The molecule has 0 aliphatic carbocycles. The minimum absolute atomic E-state index is 1.08. The molecule has 6 aromatic rings. The summed E-state index contributed by atoms with van der Waals surface area (Å²) in [6.07, 6.45) is 0.